The minimum Gasteiger partial charge on any atom is -0.508 e. The fourth-order valence-corrected chi connectivity index (χ4v) is 4.68. The number of amides is 1. The Balaban J connectivity index is 1.66. The lowest BCUT2D eigenvalue weighted by Crippen LogP contribution is -2.41. The van der Waals surface area contributed by atoms with E-state index >= 15 is 0 Å². The van der Waals surface area contributed by atoms with Gasteiger partial charge in [-0.05, 0) is 52.9 Å². The number of aromatic amines is 1. The molecule has 5 rings (SSSR count). The summed E-state index contributed by atoms with van der Waals surface area (Å²) < 4.78 is 0. The molecule has 5 heteroatoms. The Morgan fingerprint density at radius 1 is 1.03 bits per heavy atom. The number of benzene rings is 3. The van der Waals surface area contributed by atoms with Crippen molar-refractivity contribution < 1.29 is 9.90 Å². The number of H-pyrrole nitrogens is 1. The molecule has 156 valence electrons. The number of hydrogen-bond donors (Lipinski definition) is 3. The van der Waals surface area contributed by atoms with Gasteiger partial charge in [-0.3, -0.25) is 4.79 Å². The second-order valence-electron chi connectivity index (χ2n) is 8.02. The van der Waals surface area contributed by atoms with Crippen molar-refractivity contribution in [2.45, 2.75) is 18.9 Å². The molecule has 4 N–H and O–H groups in total. The van der Waals surface area contributed by atoms with E-state index in [2.05, 4.69) is 35.3 Å². The maximum atomic E-state index is 12.9. The number of aromatic nitrogens is 1. The predicted molar refractivity (Wildman–Crippen MR) is 123 cm³/mol. The van der Waals surface area contributed by atoms with E-state index in [4.69, 9.17) is 5.73 Å². The number of carbonyl (C=O) groups is 1. The van der Waals surface area contributed by atoms with Crippen molar-refractivity contribution in [2.75, 3.05) is 13.1 Å². The molecule has 0 spiro atoms. The maximum Gasteiger partial charge on any atom is 0.224 e. The fourth-order valence-electron chi connectivity index (χ4n) is 4.68. The van der Waals surface area contributed by atoms with Gasteiger partial charge in [0.25, 0.3) is 0 Å². The zero-order valence-electron chi connectivity index (χ0n) is 17.2. The van der Waals surface area contributed by atoms with Gasteiger partial charge in [-0.25, -0.2) is 0 Å². The summed E-state index contributed by atoms with van der Waals surface area (Å²) in [6.07, 6.45) is 1.09. The van der Waals surface area contributed by atoms with E-state index < -0.39 is 0 Å². The van der Waals surface area contributed by atoms with E-state index in [-0.39, 0.29) is 17.7 Å². The number of nitrogens with one attached hydrogen (secondary N) is 1. The number of aromatic hydroxyl groups is 1. The number of nitrogens with zero attached hydrogens (tertiary/aromatic N) is 1. The van der Waals surface area contributed by atoms with Crippen LogP contribution in [0.25, 0.3) is 22.0 Å². The molecular weight excluding hydrogens is 386 g/mol. The summed E-state index contributed by atoms with van der Waals surface area (Å²) in [6.45, 7) is 0.941. The number of fused-ring (bicyclic) bond motifs is 3. The number of phenolic OH excluding ortho intramolecular Hbond substituents is 1. The summed E-state index contributed by atoms with van der Waals surface area (Å²) in [5.41, 5.74) is 12.2. The molecule has 3 aromatic carbocycles. The molecule has 0 saturated carbocycles. The number of phenols is 1. The van der Waals surface area contributed by atoms with Crippen LogP contribution in [0.1, 0.15) is 29.3 Å². The highest BCUT2D eigenvalue weighted by Crippen LogP contribution is 2.40. The van der Waals surface area contributed by atoms with Crippen LogP contribution in [0.3, 0.4) is 0 Å². The maximum absolute atomic E-state index is 12.9. The predicted octanol–water partition coefficient (Wildman–Crippen LogP) is 4.36. The Hall–Kier alpha value is -3.57. The van der Waals surface area contributed by atoms with Gasteiger partial charge in [-0.15, -0.1) is 0 Å². The molecule has 0 saturated heterocycles. The van der Waals surface area contributed by atoms with Gasteiger partial charge >= 0.3 is 0 Å². The van der Waals surface area contributed by atoms with Gasteiger partial charge in [-0.2, -0.15) is 0 Å². The lowest BCUT2D eigenvalue weighted by Gasteiger charge is -2.36. The van der Waals surface area contributed by atoms with E-state index in [1.165, 1.54) is 22.1 Å². The topological polar surface area (TPSA) is 82.4 Å². The van der Waals surface area contributed by atoms with Gasteiger partial charge in [-0.1, -0.05) is 48.5 Å². The van der Waals surface area contributed by atoms with Crippen LogP contribution in [-0.4, -0.2) is 34.0 Å². The molecule has 1 amide bonds. The summed E-state index contributed by atoms with van der Waals surface area (Å²) in [4.78, 5) is 18.4. The van der Waals surface area contributed by atoms with Crippen LogP contribution in [0.4, 0.5) is 0 Å². The second-order valence-corrected chi connectivity index (χ2v) is 8.02. The Labute approximate surface area is 181 Å². The summed E-state index contributed by atoms with van der Waals surface area (Å²) in [5, 5.41) is 11.3. The molecule has 1 aliphatic heterocycles. The van der Waals surface area contributed by atoms with Crippen molar-refractivity contribution in [2.24, 2.45) is 5.73 Å². The lowest BCUT2D eigenvalue weighted by molar-refractivity contribution is -0.133. The number of carbonyl (C=O) groups excluding carboxylic acids is 1. The van der Waals surface area contributed by atoms with E-state index in [9.17, 15) is 9.90 Å². The van der Waals surface area contributed by atoms with E-state index in [1.54, 1.807) is 12.1 Å². The third kappa shape index (κ3) is 3.47. The molecule has 31 heavy (non-hydrogen) atoms. The minimum absolute atomic E-state index is 0.0325. The van der Waals surface area contributed by atoms with Crippen molar-refractivity contribution in [3.63, 3.8) is 0 Å². The van der Waals surface area contributed by atoms with E-state index in [1.807, 2.05) is 35.2 Å². The van der Waals surface area contributed by atoms with Gasteiger partial charge in [0.1, 0.15) is 5.75 Å². The summed E-state index contributed by atoms with van der Waals surface area (Å²) in [6, 6.07) is 23.7. The van der Waals surface area contributed by atoms with Gasteiger partial charge in [0.15, 0.2) is 0 Å². The minimum atomic E-state index is -0.275. The first kappa shape index (κ1) is 19.4. The number of nitrogens with two attached hydrogens (primary N) is 1. The van der Waals surface area contributed by atoms with Crippen LogP contribution in [0.2, 0.25) is 0 Å². The SMILES string of the molecule is NCCC(=O)N1CCc2c([nH]c3ccc(-c4ccccc4)cc23)C1c1cccc(O)c1. The van der Waals surface area contributed by atoms with E-state index in [0.29, 0.717) is 19.5 Å². The van der Waals surface area contributed by atoms with Crippen molar-refractivity contribution in [3.8, 4) is 16.9 Å². The van der Waals surface area contributed by atoms with Crippen LogP contribution in [-0.2, 0) is 11.2 Å². The molecule has 0 fully saturated rings. The number of rotatable bonds is 4. The average molecular weight is 412 g/mol. The van der Waals surface area contributed by atoms with Crippen LogP contribution >= 0.6 is 0 Å². The summed E-state index contributed by atoms with van der Waals surface area (Å²) >= 11 is 0. The van der Waals surface area contributed by atoms with Crippen molar-refractivity contribution >= 4 is 16.8 Å². The van der Waals surface area contributed by atoms with Crippen LogP contribution in [0.5, 0.6) is 5.75 Å². The summed E-state index contributed by atoms with van der Waals surface area (Å²) in [7, 11) is 0. The van der Waals surface area contributed by atoms with Crippen molar-refractivity contribution in [1.29, 1.82) is 0 Å². The van der Waals surface area contributed by atoms with Crippen LogP contribution in [0, 0.1) is 0 Å². The summed E-state index contributed by atoms with van der Waals surface area (Å²) in [5.74, 6) is 0.225. The van der Waals surface area contributed by atoms with Gasteiger partial charge < -0.3 is 20.7 Å². The molecule has 1 aromatic heterocycles. The first-order valence-electron chi connectivity index (χ1n) is 10.6. The molecule has 4 aromatic rings. The molecule has 0 aliphatic carbocycles. The first-order chi connectivity index (χ1) is 15.2. The highest BCUT2D eigenvalue weighted by Gasteiger charge is 2.34. The smallest absolute Gasteiger partial charge is 0.224 e. The third-order valence-corrected chi connectivity index (χ3v) is 6.10. The van der Waals surface area contributed by atoms with E-state index in [0.717, 1.165) is 23.2 Å². The molecule has 1 aliphatic rings. The highest BCUT2D eigenvalue weighted by molar-refractivity contribution is 5.90. The Morgan fingerprint density at radius 2 is 1.87 bits per heavy atom. The van der Waals surface area contributed by atoms with Crippen LogP contribution in [0.15, 0.2) is 72.8 Å². The highest BCUT2D eigenvalue weighted by atomic mass is 16.3. The molecular formula is C26H25N3O2. The lowest BCUT2D eigenvalue weighted by atomic mass is 9.91. The zero-order chi connectivity index (χ0) is 21.4. The first-order valence-corrected chi connectivity index (χ1v) is 10.6. The molecule has 1 unspecified atom stereocenters. The monoisotopic (exact) mass is 411 g/mol. The van der Waals surface area contributed by atoms with Crippen molar-refractivity contribution in [3.05, 3.63) is 89.6 Å². The molecule has 5 nitrogen and oxygen atoms in total. The average Bonchev–Trinajstić information content (AvgIpc) is 3.17. The quantitative estimate of drug-likeness (QED) is 0.467. The Morgan fingerprint density at radius 3 is 2.65 bits per heavy atom. The Bertz CT molecular complexity index is 1250. The largest absolute Gasteiger partial charge is 0.508 e. The van der Waals surface area contributed by atoms with Gasteiger partial charge in [0, 0.05) is 36.1 Å². The third-order valence-electron chi connectivity index (χ3n) is 6.10. The fraction of sp³-hybridized carbons (Fsp3) is 0.192. The molecule has 0 bridgehead atoms. The second kappa shape index (κ2) is 7.93. The zero-order valence-corrected chi connectivity index (χ0v) is 17.2. The van der Waals surface area contributed by atoms with Gasteiger partial charge in [0.2, 0.25) is 5.91 Å². The molecule has 2 heterocycles. The standard InChI is InChI=1S/C26H25N3O2/c27-13-11-24(31)29-14-12-21-22-16-18(17-5-2-1-3-6-17)9-10-23(22)28-25(21)26(29)19-7-4-8-20(30)15-19/h1-10,15-16,26,28,30H,11-14,27H2. The molecule has 1 atom stereocenters. The van der Waals surface area contributed by atoms with Crippen molar-refractivity contribution in [1.82, 2.24) is 9.88 Å². The van der Waals surface area contributed by atoms with Gasteiger partial charge in [0.05, 0.1) is 6.04 Å². The van der Waals surface area contributed by atoms with Crippen LogP contribution < -0.4 is 5.73 Å². The Kier molecular flexibility index (Phi) is 4.96. The normalized spacial score (nSPS) is 15.8. The molecule has 0 radical (unpaired) electrons. The number of hydrogen-bond acceptors (Lipinski definition) is 3.